The minimum atomic E-state index is -0.183. The molecule has 2 aromatic heterocycles. The van der Waals surface area contributed by atoms with Gasteiger partial charge in [0.15, 0.2) is 0 Å². The molecule has 5 nitrogen and oxygen atoms in total. The van der Waals surface area contributed by atoms with Crippen molar-refractivity contribution in [3.8, 4) is 11.4 Å². The molecule has 0 spiro atoms. The summed E-state index contributed by atoms with van der Waals surface area (Å²) in [5.41, 5.74) is 0.951. The molecule has 0 N–H and O–H groups in total. The highest BCUT2D eigenvalue weighted by Gasteiger charge is 2.38. The number of methoxy groups -OCH3 is 1. The van der Waals surface area contributed by atoms with E-state index in [1.165, 1.54) is 7.11 Å². The molecule has 1 saturated carbocycles. The van der Waals surface area contributed by atoms with Crippen LogP contribution in [0.1, 0.15) is 31.1 Å². The number of ether oxygens (including phenoxy) is 1. The third-order valence-electron chi connectivity index (χ3n) is 3.56. The normalized spacial score (nSPS) is 22.6. The highest BCUT2D eigenvalue weighted by Crippen LogP contribution is 2.40. The van der Waals surface area contributed by atoms with Gasteiger partial charge in [-0.05, 0) is 24.3 Å². The Morgan fingerprint density at radius 2 is 2.42 bits per heavy atom. The molecule has 1 fully saturated rings. The predicted molar refractivity (Wildman–Crippen MR) is 69.7 cm³/mol. The monoisotopic (exact) mass is 278 g/mol. The first-order chi connectivity index (χ1) is 9.29. The topological polar surface area (TPSA) is 65.2 Å². The third kappa shape index (κ3) is 2.28. The lowest BCUT2D eigenvalue weighted by atomic mass is 9.96. The first kappa shape index (κ1) is 12.3. The van der Waals surface area contributed by atoms with Crippen molar-refractivity contribution < 1.29 is 14.1 Å². The second kappa shape index (κ2) is 5.13. The summed E-state index contributed by atoms with van der Waals surface area (Å²) in [6.07, 6.45) is 2.71. The van der Waals surface area contributed by atoms with E-state index in [-0.39, 0.29) is 17.8 Å². The van der Waals surface area contributed by atoms with Crippen molar-refractivity contribution in [2.24, 2.45) is 5.92 Å². The summed E-state index contributed by atoms with van der Waals surface area (Å²) < 4.78 is 10.2. The number of carbonyl (C=O) groups is 1. The van der Waals surface area contributed by atoms with Gasteiger partial charge in [-0.1, -0.05) is 11.6 Å². The quantitative estimate of drug-likeness (QED) is 0.808. The van der Waals surface area contributed by atoms with Crippen molar-refractivity contribution in [3.05, 3.63) is 22.7 Å². The summed E-state index contributed by atoms with van der Waals surface area (Å²) in [6.45, 7) is 0. The zero-order valence-electron chi connectivity index (χ0n) is 10.5. The Labute approximate surface area is 114 Å². The Hall–Kier alpha value is -1.69. The fourth-order valence-corrected chi connectivity index (χ4v) is 3.22. The summed E-state index contributed by atoms with van der Waals surface area (Å²) in [4.78, 5) is 16.1. The van der Waals surface area contributed by atoms with Crippen LogP contribution < -0.4 is 0 Å². The van der Waals surface area contributed by atoms with Gasteiger partial charge in [0.2, 0.25) is 11.7 Å². The molecule has 0 radical (unpaired) electrons. The summed E-state index contributed by atoms with van der Waals surface area (Å²) in [6, 6.07) is 1.95. The molecule has 0 bridgehead atoms. The fourth-order valence-electron chi connectivity index (χ4n) is 2.58. The Morgan fingerprint density at radius 1 is 1.53 bits per heavy atom. The Kier molecular flexibility index (Phi) is 3.33. The molecule has 2 atom stereocenters. The molecule has 2 aromatic rings. The number of carbonyl (C=O) groups excluding carboxylic acids is 1. The summed E-state index contributed by atoms with van der Waals surface area (Å²) in [5.74, 6) is 0.798. The zero-order valence-corrected chi connectivity index (χ0v) is 11.4. The van der Waals surface area contributed by atoms with Crippen molar-refractivity contribution in [1.29, 1.82) is 0 Å². The van der Waals surface area contributed by atoms with Crippen LogP contribution >= 0.6 is 11.3 Å². The number of hydrogen-bond donors (Lipinski definition) is 0. The van der Waals surface area contributed by atoms with Crippen LogP contribution in [0.2, 0.25) is 0 Å². The average Bonchev–Trinajstić information content (AvgIpc) is 3.14. The minimum absolute atomic E-state index is 0.00710. The van der Waals surface area contributed by atoms with Crippen LogP contribution in [-0.4, -0.2) is 23.2 Å². The van der Waals surface area contributed by atoms with Crippen LogP contribution in [0.3, 0.4) is 0 Å². The standard InChI is InChI=1S/C13H14N2O3S/c1-17-13(16)10-4-2-3-9(10)12-14-11(15-18-12)8-5-6-19-7-8/h5-7,9-10H,2-4H2,1H3/t9-,10-/m0/s1. The third-order valence-corrected chi connectivity index (χ3v) is 4.24. The molecule has 2 heterocycles. The molecule has 0 amide bonds. The zero-order chi connectivity index (χ0) is 13.2. The molecular formula is C13H14N2O3S. The van der Waals surface area contributed by atoms with Gasteiger partial charge >= 0.3 is 5.97 Å². The van der Waals surface area contributed by atoms with Crippen LogP contribution in [0, 0.1) is 5.92 Å². The van der Waals surface area contributed by atoms with Crippen LogP contribution in [0.4, 0.5) is 0 Å². The van der Waals surface area contributed by atoms with Gasteiger partial charge in [0.05, 0.1) is 18.9 Å². The number of rotatable bonds is 3. The maximum Gasteiger partial charge on any atom is 0.309 e. The second-order valence-corrected chi connectivity index (χ2v) is 5.42. The fraction of sp³-hybridized carbons (Fsp3) is 0.462. The van der Waals surface area contributed by atoms with Gasteiger partial charge in [0, 0.05) is 10.9 Å². The van der Waals surface area contributed by atoms with Gasteiger partial charge < -0.3 is 9.26 Å². The van der Waals surface area contributed by atoms with Crippen molar-refractivity contribution in [1.82, 2.24) is 10.1 Å². The lowest BCUT2D eigenvalue weighted by molar-refractivity contribution is -0.145. The van der Waals surface area contributed by atoms with E-state index < -0.39 is 0 Å². The molecule has 0 aliphatic heterocycles. The Bertz CT molecular complexity index is 564. The van der Waals surface area contributed by atoms with Crippen molar-refractivity contribution in [2.45, 2.75) is 25.2 Å². The van der Waals surface area contributed by atoms with E-state index in [0.29, 0.717) is 11.7 Å². The molecule has 1 aliphatic rings. The second-order valence-electron chi connectivity index (χ2n) is 4.64. The van der Waals surface area contributed by atoms with Crippen LogP contribution in [0.15, 0.2) is 21.3 Å². The van der Waals surface area contributed by atoms with Crippen LogP contribution in [0.5, 0.6) is 0 Å². The number of esters is 1. The smallest absolute Gasteiger partial charge is 0.309 e. The molecule has 3 rings (SSSR count). The molecule has 0 unspecified atom stereocenters. The maximum absolute atomic E-state index is 11.7. The van der Waals surface area contributed by atoms with Gasteiger partial charge in [0.1, 0.15) is 0 Å². The van der Waals surface area contributed by atoms with E-state index in [9.17, 15) is 4.79 Å². The predicted octanol–water partition coefficient (Wildman–Crippen LogP) is 2.85. The van der Waals surface area contributed by atoms with Crippen molar-refractivity contribution >= 4 is 17.3 Å². The summed E-state index contributed by atoms with van der Waals surface area (Å²) >= 11 is 1.59. The molecule has 100 valence electrons. The van der Waals surface area contributed by atoms with E-state index in [1.54, 1.807) is 11.3 Å². The molecule has 6 heteroatoms. The molecule has 1 aliphatic carbocycles. The first-order valence-electron chi connectivity index (χ1n) is 6.23. The lowest BCUT2D eigenvalue weighted by Gasteiger charge is -2.12. The van der Waals surface area contributed by atoms with E-state index in [4.69, 9.17) is 9.26 Å². The molecular weight excluding hydrogens is 264 g/mol. The highest BCUT2D eigenvalue weighted by molar-refractivity contribution is 7.08. The van der Waals surface area contributed by atoms with Gasteiger partial charge in [-0.25, -0.2) is 0 Å². The first-order valence-corrected chi connectivity index (χ1v) is 7.18. The number of aromatic nitrogens is 2. The number of hydrogen-bond acceptors (Lipinski definition) is 6. The summed E-state index contributed by atoms with van der Waals surface area (Å²) in [7, 11) is 1.42. The van der Waals surface area contributed by atoms with Crippen molar-refractivity contribution in [2.75, 3.05) is 7.11 Å². The van der Waals surface area contributed by atoms with E-state index in [1.807, 2.05) is 16.8 Å². The SMILES string of the molecule is COC(=O)[C@H]1CCC[C@@H]1c1nc(-c2ccsc2)no1. The minimum Gasteiger partial charge on any atom is -0.469 e. The van der Waals surface area contributed by atoms with Gasteiger partial charge in [-0.3, -0.25) is 4.79 Å². The van der Waals surface area contributed by atoms with E-state index in [2.05, 4.69) is 10.1 Å². The van der Waals surface area contributed by atoms with E-state index >= 15 is 0 Å². The maximum atomic E-state index is 11.7. The van der Waals surface area contributed by atoms with Crippen molar-refractivity contribution in [3.63, 3.8) is 0 Å². The highest BCUT2D eigenvalue weighted by atomic mass is 32.1. The number of thiophene rings is 1. The van der Waals surface area contributed by atoms with Gasteiger partial charge in [0.25, 0.3) is 0 Å². The van der Waals surface area contributed by atoms with Gasteiger partial charge in [-0.15, -0.1) is 0 Å². The lowest BCUT2D eigenvalue weighted by Crippen LogP contribution is -2.19. The number of nitrogens with zero attached hydrogens (tertiary/aromatic N) is 2. The molecule has 19 heavy (non-hydrogen) atoms. The summed E-state index contributed by atoms with van der Waals surface area (Å²) in [5, 5.41) is 7.93. The van der Waals surface area contributed by atoms with Crippen LogP contribution in [-0.2, 0) is 9.53 Å². The largest absolute Gasteiger partial charge is 0.469 e. The van der Waals surface area contributed by atoms with Gasteiger partial charge in [-0.2, -0.15) is 16.3 Å². The average molecular weight is 278 g/mol. The van der Waals surface area contributed by atoms with E-state index in [0.717, 1.165) is 24.8 Å². The molecule has 0 saturated heterocycles. The molecule has 0 aromatic carbocycles. The Balaban J connectivity index is 1.84. The Morgan fingerprint density at radius 3 is 3.16 bits per heavy atom. The van der Waals surface area contributed by atoms with Crippen LogP contribution in [0.25, 0.3) is 11.4 Å².